The predicted molar refractivity (Wildman–Crippen MR) is 62.5 cm³/mol. The first-order valence-corrected chi connectivity index (χ1v) is 5.59. The molecular weight excluding hydrogens is 222 g/mol. The highest BCUT2D eigenvalue weighted by atomic mass is 16.5. The summed E-state index contributed by atoms with van der Waals surface area (Å²) in [4.78, 5) is 15.8. The normalized spacial score (nSPS) is 14.4. The highest BCUT2D eigenvalue weighted by Crippen LogP contribution is 2.12. The van der Waals surface area contributed by atoms with Gasteiger partial charge in [-0.15, -0.1) is 0 Å². The van der Waals surface area contributed by atoms with Gasteiger partial charge in [-0.1, -0.05) is 6.92 Å². The average Bonchev–Trinajstić information content (AvgIpc) is 2.77. The number of rotatable bonds is 6. The van der Waals surface area contributed by atoms with Gasteiger partial charge in [-0.25, -0.2) is 4.98 Å². The van der Waals surface area contributed by atoms with Crippen LogP contribution in [0, 0.1) is 0 Å². The van der Waals surface area contributed by atoms with Crippen LogP contribution in [0.1, 0.15) is 42.7 Å². The second-order valence-corrected chi connectivity index (χ2v) is 3.92. The van der Waals surface area contributed by atoms with Crippen LogP contribution < -0.4 is 11.1 Å². The van der Waals surface area contributed by atoms with Crippen molar-refractivity contribution in [2.24, 2.45) is 5.73 Å². The molecule has 0 radical (unpaired) electrons. The van der Waals surface area contributed by atoms with Gasteiger partial charge in [-0.2, -0.15) is 0 Å². The zero-order valence-electron chi connectivity index (χ0n) is 10.4. The van der Waals surface area contributed by atoms with Gasteiger partial charge in [0.1, 0.15) is 6.26 Å². The van der Waals surface area contributed by atoms with Crippen molar-refractivity contribution >= 4 is 5.91 Å². The van der Waals surface area contributed by atoms with Crippen molar-refractivity contribution in [2.75, 3.05) is 13.7 Å². The van der Waals surface area contributed by atoms with Crippen LogP contribution in [0.25, 0.3) is 0 Å². The number of hydrogen-bond donors (Lipinski definition) is 2. The summed E-state index contributed by atoms with van der Waals surface area (Å²) in [5.74, 6) is 0.102. The molecule has 0 saturated carbocycles. The van der Waals surface area contributed by atoms with Gasteiger partial charge in [0.2, 0.25) is 5.89 Å². The maximum atomic E-state index is 11.7. The van der Waals surface area contributed by atoms with Crippen LogP contribution in [0.5, 0.6) is 0 Å². The summed E-state index contributed by atoms with van der Waals surface area (Å²) in [6, 6.07) is -0.347. The fraction of sp³-hybridized carbons (Fsp3) is 0.636. The van der Waals surface area contributed by atoms with Crippen LogP contribution in [0.15, 0.2) is 10.7 Å². The molecular formula is C11H19N3O3. The third-order valence-electron chi connectivity index (χ3n) is 2.31. The molecule has 1 aromatic heterocycles. The predicted octanol–water partition coefficient (Wildman–Crippen LogP) is 0.849. The SMILES string of the molecule is CCC(N)c1nc(C(=O)NC(C)COC)co1. The third kappa shape index (κ3) is 3.83. The number of carbonyl (C=O) groups is 1. The topological polar surface area (TPSA) is 90.4 Å². The molecule has 3 N–H and O–H groups in total. The van der Waals surface area contributed by atoms with Crippen molar-refractivity contribution in [2.45, 2.75) is 32.4 Å². The Balaban J connectivity index is 2.60. The lowest BCUT2D eigenvalue weighted by Crippen LogP contribution is -2.35. The van der Waals surface area contributed by atoms with Crippen molar-refractivity contribution < 1.29 is 13.9 Å². The molecule has 2 atom stereocenters. The highest BCUT2D eigenvalue weighted by molar-refractivity contribution is 5.92. The Kier molecular flexibility index (Phi) is 5.11. The van der Waals surface area contributed by atoms with Gasteiger partial charge in [0.05, 0.1) is 12.6 Å². The molecule has 17 heavy (non-hydrogen) atoms. The summed E-state index contributed by atoms with van der Waals surface area (Å²) in [6.45, 7) is 4.22. The number of ether oxygens (including phenoxy) is 1. The molecule has 96 valence electrons. The fourth-order valence-electron chi connectivity index (χ4n) is 1.33. The number of nitrogens with two attached hydrogens (primary N) is 1. The number of amides is 1. The van der Waals surface area contributed by atoms with E-state index in [2.05, 4.69) is 10.3 Å². The van der Waals surface area contributed by atoms with E-state index in [1.165, 1.54) is 6.26 Å². The Labute approximate surface area is 101 Å². The van der Waals surface area contributed by atoms with Gasteiger partial charge in [0.15, 0.2) is 5.69 Å². The van der Waals surface area contributed by atoms with Crippen molar-refractivity contribution in [1.82, 2.24) is 10.3 Å². The summed E-state index contributed by atoms with van der Waals surface area (Å²) >= 11 is 0. The molecule has 1 heterocycles. The Morgan fingerprint density at radius 2 is 2.41 bits per heavy atom. The summed E-state index contributed by atoms with van der Waals surface area (Å²) in [7, 11) is 1.58. The molecule has 0 aliphatic heterocycles. The van der Waals surface area contributed by atoms with E-state index in [4.69, 9.17) is 14.9 Å². The maximum absolute atomic E-state index is 11.7. The van der Waals surface area contributed by atoms with Crippen LogP contribution in [-0.4, -0.2) is 30.6 Å². The van der Waals surface area contributed by atoms with E-state index >= 15 is 0 Å². The maximum Gasteiger partial charge on any atom is 0.273 e. The molecule has 0 aliphatic carbocycles. The number of methoxy groups -OCH3 is 1. The lowest BCUT2D eigenvalue weighted by atomic mass is 10.2. The second kappa shape index (κ2) is 6.36. The molecule has 0 fully saturated rings. The molecule has 0 saturated heterocycles. The molecule has 1 rings (SSSR count). The van der Waals surface area contributed by atoms with E-state index in [0.717, 1.165) is 0 Å². The van der Waals surface area contributed by atoms with Gasteiger partial charge >= 0.3 is 0 Å². The second-order valence-electron chi connectivity index (χ2n) is 3.92. The van der Waals surface area contributed by atoms with Gasteiger partial charge in [-0.3, -0.25) is 4.79 Å². The molecule has 0 bridgehead atoms. The zero-order valence-corrected chi connectivity index (χ0v) is 10.4. The molecule has 2 unspecified atom stereocenters. The van der Waals surface area contributed by atoms with Crippen molar-refractivity contribution in [3.05, 3.63) is 17.8 Å². The summed E-state index contributed by atoms with van der Waals surface area (Å²) in [6.07, 6.45) is 2.03. The van der Waals surface area contributed by atoms with Gasteiger partial charge in [-0.05, 0) is 13.3 Å². The number of nitrogens with one attached hydrogen (secondary N) is 1. The van der Waals surface area contributed by atoms with E-state index in [1.807, 2.05) is 13.8 Å². The molecule has 0 spiro atoms. The van der Waals surface area contributed by atoms with Gasteiger partial charge in [0.25, 0.3) is 5.91 Å². The summed E-state index contributed by atoms with van der Waals surface area (Å²) < 4.78 is 10.1. The van der Waals surface area contributed by atoms with E-state index in [9.17, 15) is 4.79 Å². The number of hydrogen-bond acceptors (Lipinski definition) is 5. The average molecular weight is 241 g/mol. The first-order chi connectivity index (χ1) is 8.08. The number of aromatic nitrogens is 1. The van der Waals surface area contributed by atoms with Crippen molar-refractivity contribution in [3.8, 4) is 0 Å². The summed E-state index contributed by atoms with van der Waals surface area (Å²) in [5.41, 5.74) is 5.99. The minimum atomic E-state index is -0.284. The van der Waals surface area contributed by atoms with Gasteiger partial charge < -0.3 is 20.2 Å². The zero-order chi connectivity index (χ0) is 12.8. The van der Waals surface area contributed by atoms with E-state index in [-0.39, 0.29) is 23.7 Å². The Bertz CT molecular complexity index is 365. The standard InChI is InChI=1S/C11H19N3O3/c1-4-8(12)11-14-9(6-17-11)10(15)13-7(2)5-16-3/h6-8H,4-5,12H2,1-3H3,(H,13,15). The van der Waals surface area contributed by atoms with E-state index in [1.54, 1.807) is 7.11 Å². The Morgan fingerprint density at radius 3 is 3.00 bits per heavy atom. The monoisotopic (exact) mass is 241 g/mol. The Morgan fingerprint density at radius 1 is 1.71 bits per heavy atom. The van der Waals surface area contributed by atoms with Crippen LogP contribution in [0.4, 0.5) is 0 Å². The molecule has 1 amide bonds. The lowest BCUT2D eigenvalue weighted by Gasteiger charge is -2.10. The minimum Gasteiger partial charge on any atom is -0.446 e. The lowest BCUT2D eigenvalue weighted by molar-refractivity contribution is 0.0900. The highest BCUT2D eigenvalue weighted by Gasteiger charge is 2.17. The van der Waals surface area contributed by atoms with Crippen LogP contribution in [0.3, 0.4) is 0 Å². The Hall–Kier alpha value is -1.40. The molecule has 0 aromatic carbocycles. The molecule has 6 heteroatoms. The van der Waals surface area contributed by atoms with Crippen molar-refractivity contribution in [3.63, 3.8) is 0 Å². The molecule has 1 aromatic rings. The smallest absolute Gasteiger partial charge is 0.273 e. The first-order valence-electron chi connectivity index (χ1n) is 5.59. The number of oxazole rings is 1. The largest absolute Gasteiger partial charge is 0.446 e. The fourth-order valence-corrected chi connectivity index (χ4v) is 1.33. The van der Waals surface area contributed by atoms with Crippen LogP contribution in [0.2, 0.25) is 0 Å². The number of nitrogens with zero attached hydrogens (tertiary/aromatic N) is 1. The van der Waals surface area contributed by atoms with Crippen molar-refractivity contribution in [1.29, 1.82) is 0 Å². The minimum absolute atomic E-state index is 0.0764. The molecule has 0 aliphatic rings. The third-order valence-corrected chi connectivity index (χ3v) is 2.31. The van der Waals surface area contributed by atoms with E-state index in [0.29, 0.717) is 18.9 Å². The molecule has 6 nitrogen and oxygen atoms in total. The van der Waals surface area contributed by atoms with Crippen LogP contribution in [-0.2, 0) is 4.74 Å². The van der Waals surface area contributed by atoms with E-state index < -0.39 is 0 Å². The quantitative estimate of drug-likeness (QED) is 0.770. The van der Waals surface area contributed by atoms with Crippen LogP contribution >= 0.6 is 0 Å². The number of carbonyl (C=O) groups excluding carboxylic acids is 1. The van der Waals surface area contributed by atoms with Gasteiger partial charge in [0, 0.05) is 13.2 Å². The summed E-state index contributed by atoms with van der Waals surface area (Å²) in [5, 5.41) is 2.74. The first kappa shape index (κ1) is 13.7.